The summed E-state index contributed by atoms with van der Waals surface area (Å²) in [6.07, 6.45) is 1.55. The van der Waals surface area contributed by atoms with Crippen LogP contribution in [0.1, 0.15) is 24.6 Å². The highest BCUT2D eigenvalue weighted by Gasteiger charge is 2.30. The first kappa shape index (κ1) is 20.7. The predicted octanol–water partition coefficient (Wildman–Crippen LogP) is 4.40. The third-order valence-corrected chi connectivity index (χ3v) is 5.52. The molecule has 2 aromatic carbocycles. The summed E-state index contributed by atoms with van der Waals surface area (Å²) in [5, 5.41) is 12.0. The smallest absolute Gasteiger partial charge is 0.234 e. The fourth-order valence-corrected chi connectivity index (χ4v) is 3.94. The van der Waals surface area contributed by atoms with Gasteiger partial charge >= 0.3 is 0 Å². The van der Waals surface area contributed by atoms with Gasteiger partial charge in [-0.1, -0.05) is 47.5 Å². The lowest BCUT2D eigenvalue weighted by molar-refractivity contribution is -0.121. The van der Waals surface area contributed by atoms with E-state index < -0.39 is 0 Å². The Balaban J connectivity index is 1.89. The first-order chi connectivity index (χ1) is 14.6. The molecule has 0 aliphatic carbocycles. The van der Waals surface area contributed by atoms with E-state index in [1.165, 1.54) is 0 Å². The lowest BCUT2D eigenvalue weighted by atomic mass is 10.1. The second-order valence-electron chi connectivity index (χ2n) is 7.07. The van der Waals surface area contributed by atoms with E-state index in [-0.39, 0.29) is 18.5 Å². The molecule has 1 unspecified atom stereocenters. The van der Waals surface area contributed by atoms with Crippen molar-refractivity contribution in [2.24, 2.45) is 0 Å². The highest BCUT2D eigenvalue weighted by molar-refractivity contribution is 6.32. The van der Waals surface area contributed by atoms with E-state index in [4.69, 9.17) is 33.0 Å². The van der Waals surface area contributed by atoms with Crippen LogP contribution in [0.15, 0.2) is 48.5 Å². The lowest BCUT2D eigenvalue weighted by Gasteiger charge is -2.15. The van der Waals surface area contributed by atoms with Gasteiger partial charge in [0, 0.05) is 10.6 Å². The Morgan fingerprint density at radius 2 is 1.97 bits per heavy atom. The van der Waals surface area contributed by atoms with Crippen molar-refractivity contribution in [1.82, 2.24) is 20.4 Å². The van der Waals surface area contributed by atoms with E-state index in [1.807, 2.05) is 48.5 Å². The number of ether oxygens (including phenoxy) is 1. The van der Waals surface area contributed by atoms with E-state index in [0.29, 0.717) is 28.1 Å². The molecule has 2 heterocycles. The number of benzene rings is 2. The Kier molecular flexibility index (Phi) is 6.27. The summed E-state index contributed by atoms with van der Waals surface area (Å²) in [5.74, 6) is 0.570. The third kappa shape index (κ3) is 4.17. The Hall–Kier alpha value is -2.54. The number of fused-ring (bicyclic) bond motifs is 1. The number of likely N-dealkylation sites (N-methyl/N-ethyl adjacent to an activating group) is 1. The molecule has 0 saturated carbocycles. The summed E-state index contributed by atoms with van der Waals surface area (Å²) in [5.41, 5.74) is 3.11. The summed E-state index contributed by atoms with van der Waals surface area (Å²) in [6, 6.07) is 14.8. The number of hydrogen-bond donors (Lipinski definition) is 2. The molecule has 156 valence electrons. The molecule has 1 amide bonds. The maximum atomic E-state index is 12.3. The number of aromatic nitrogens is 2. The summed E-state index contributed by atoms with van der Waals surface area (Å²) >= 11 is 12.6. The van der Waals surface area contributed by atoms with Gasteiger partial charge in [-0.15, -0.1) is 0 Å². The summed E-state index contributed by atoms with van der Waals surface area (Å²) in [7, 11) is 1.74. The average molecular weight is 445 g/mol. The average Bonchev–Trinajstić information content (AvgIpc) is 3.00. The summed E-state index contributed by atoms with van der Waals surface area (Å²) in [4.78, 5) is 12.3. The molecule has 3 aromatic rings. The molecule has 0 spiro atoms. The zero-order chi connectivity index (χ0) is 21.1. The van der Waals surface area contributed by atoms with Crippen molar-refractivity contribution in [3.63, 3.8) is 0 Å². The zero-order valence-corrected chi connectivity index (χ0v) is 18.0. The molecular formula is C22H22Cl2N4O2. The van der Waals surface area contributed by atoms with E-state index in [1.54, 1.807) is 11.7 Å². The Labute approximate surface area is 185 Å². The van der Waals surface area contributed by atoms with Gasteiger partial charge in [0.25, 0.3) is 0 Å². The molecule has 8 heteroatoms. The molecule has 6 nitrogen and oxygen atoms in total. The van der Waals surface area contributed by atoms with E-state index in [9.17, 15) is 4.79 Å². The minimum absolute atomic E-state index is 0.0873. The van der Waals surface area contributed by atoms with Gasteiger partial charge in [-0.25, -0.2) is 4.68 Å². The summed E-state index contributed by atoms with van der Waals surface area (Å²) < 4.78 is 7.94. The van der Waals surface area contributed by atoms with Crippen LogP contribution < -0.4 is 15.4 Å². The minimum atomic E-state index is -0.252. The maximum absolute atomic E-state index is 12.3. The molecule has 0 radical (unpaired) electrons. The molecule has 4 rings (SSSR count). The van der Waals surface area contributed by atoms with E-state index in [0.717, 1.165) is 29.8 Å². The van der Waals surface area contributed by atoms with E-state index >= 15 is 0 Å². The van der Waals surface area contributed by atoms with Crippen LogP contribution in [0.2, 0.25) is 10.0 Å². The minimum Gasteiger partial charge on any atom is -0.489 e. The van der Waals surface area contributed by atoms with Crippen molar-refractivity contribution < 1.29 is 9.53 Å². The number of rotatable bonds is 5. The number of para-hydroxylation sites is 1. The quantitative estimate of drug-likeness (QED) is 0.611. The van der Waals surface area contributed by atoms with Gasteiger partial charge < -0.3 is 15.4 Å². The molecule has 2 N–H and O–H groups in total. The number of amides is 1. The zero-order valence-electron chi connectivity index (χ0n) is 16.5. The molecule has 0 fully saturated rings. The molecule has 0 saturated heterocycles. The standard InChI is InChI=1S/C22H22Cl2N4O2/c1-25-13-19(29)26-17-6-4-12-30-22-20(17)27-28(18-7-3-2-5-16(18)24)21(22)14-8-10-15(23)11-9-14/h2-3,5,7-11,17,25H,4,6,12-13H2,1H3,(H,26,29). The highest BCUT2D eigenvalue weighted by Crippen LogP contribution is 2.42. The van der Waals surface area contributed by atoms with Crippen molar-refractivity contribution in [1.29, 1.82) is 0 Å². The van der Waals surface area contributed by atoms with Crippen LogP contribution in [-0.4, -0.2) is 35.9 Å². The van der Waals surface area contributed by atoms with Crippen molar-refractivity contribution in [3.8, 4) is 22.7 Å². The first-order valence-electron chi connectivity index (χ1n) is 9.79. The van der Waals surface area contributed by atoms with Crippen LogP contribution in [0.3, 0.4) is 0 Å². The lowest BCUT2D eigenvalue weighted by Crippen LogP contribution is -2.35. The molecular weight excluding hydrogens is 423 g/mol. The van der Waals surface area contributed by atoms with Crippen molar-refractivity contribution in [3.05, 3.63) is 64.3 Å². The van der Waals surface area contributed by atoms with Gasteiger partial charge in [-0.3, -0.25) is 4.79 Å². The predicted molar refractivity (Wildman–Crippen MR) is 119 cm³/mol. The number of halogens is 2. The van der Waals surface area contributed by atoms with Gasteiger partial charge in [-0.05, 0) is 44.2 Å². The van der Waals surface area contributed by atoms with Gasteiger partial charge in [0.2, 0.25) is 5.91 Å². The van der Waals surface area contributed by atoms with Gasteiger partial charge in [0.15, 0.2) is 5.75 Å². The largest absolute Gasteiger partial charge is 0.489 e. The molecule has 1 aliphatic heterocycles. The van der Waals surface area contributed by atoms with Crippen molar-refractivity contribution >= 4 is 29.1 Å². The SMILES string of the molecule is CNCC(=O)NC1CCCOc2c1nn(-c1ccccc1Cl)c2-c1ccc(Cl)cc1. The van der Waals surface area contributed by atoms with Crippen LogP contribution in [0.25, 0.3) is 16.9 Å². The topological polar surface area (TPSA) is 68.2 Å². The molecule has 30 heavy (non-hydrogen) atoms. The number of carbonyl (C=O) groups excluding carboxylic acids is 1. The molecule has 1 atom stereocenters. The fourth-order valence-electron chi connectivity index (χ4n) is 3.59. The number of hydrogen-bond acceptors (Lipinski definition) is 4. The number of nitrogens with one attached hydrogen (secondary N) is 2. The second kappa shape index (κ2) is 9.08. The maximum Gasteiger partial charge on any atom is 0.234 e. The van der Waals surface area contributed by atoms with Crippen molar-refractivity contribution in [2.45, 2.75) is 18.9 Å². The van der Waals surface area contributed by atoms with Crippen molar-refractivity contribution in [2.75, 3.05) is 20.2 Å². The Morgan fingerprint density at radius 3 is 2.70 bits per heavy atom. The second-order valence-corrected chi connectivity index (χ2v) is 7.92. The molecule has 1 aliphatic rings. The monoisotopic (exact) mass is 444 g/mol. The highest BCUT2D eigenvalue weighted by atomic mass is 35.5. The van der Waals surface area contributed by atoms with Crippen LogP contribution in [0, 0.1) is 0 Å². The first-order valence-corrected chi connectivity index (χ1v) is 10.5. The third-order valence-electron chi connectivity index (χ3n) is 4.95. The van der Waals surface area contributed by atoms with Crippen LogP contribution in [0.4, 0.5) is 0 Å². The van der Waals surface area contributed by atoms with Crippen LogP contribution in [0.5, 0.6) is 5.75 Å². The van der Waals surface area contributed by atoms with Gasteiger partial charge in [0.1, 0.15) is 11.4 Å². The number of carbonyl (C=O) groups is 1. The van der Waals surface area contributed by atoms with Crippen LogP contribution in [-0.2, 0) is 4.79 Å². The van der Waals surface area contributed by atoms with Gasteiger partial charge in [0.05, 0.1) is 29.9 Å². The number of nitrogens with zero attached hydrogens (tertiary/aromatic N) is 2. The normalized spacial score (nSPS) is 15.8. The van der Waals surface area contributed by atoms with E-state index in [2.05, 4.69) is 10.6 Å². The summed E-state index contributed by atoms with van der Waals surface area (Å²) in [6.45, 7) is 0.780. The fraction of sp³-hybridized carbons (Fsp3) is 0.273. The van der Waals surface area contributed by atoms with Gasteiger partial charge in [-0.2, -0.15) is 5.10 Å². The molecule has 0 bridgehead atoms. The Bertz CT molecular complexity index is 1050. The molecule has 1 aromatic heterocycles. The van der Waals surface area contributed by atoms with Crippen LogP contribution >= 0.6 is 23.2 Å². The Morgan fingerprint density at radius 1 is 1.20 bits per heavy atom.